The minimum Gasteiger partial charge on any atom is -0.481 e. The summed E-state index contributed by atoms with van der Waals surface area (Å²) in [4.78, 5) is 22.0. The number of carboxylic acid groups (broad SMARTS) is 1. The Morgan fingerprint density at radius 1 is 1.33 bits per heavy atom. The number of piperidine rings is 1. The molecule has 0 aliphatic carbocycles. The molecule has 2 aromatic rings. The van der Waals surface area contributed by atoms with E-state index in [1.165, 1.54) is 12.1 Å². The third-order valence-electron chi connectivity index (χ3n) is 4.04. The van der Waals surface area contributed by atoms with Crippen LogP contribution in [0.3, 0.4) is 0 Å². The fourth-order valence-electron chi connectivity index (χ4n) is 2.85. The van der Waals surface area contributed by atoms with Crippen molar-refractivity contribution in [2.75, 3.05) is 23.3 Å². The van der Waals surface area contributed by atoms with Crippen LogP contribution >= 0.6 is 0 Å². The van der Waals surface area contributed by atoms with Crippen LogP contribution in [-0.4, -0.2) is 34.1 Å². The lowest BCUT2D eigenvalue weighted by Gasteiger charge is -2.31. The van der Waals surface area contributed by atoms with Gasteiger partial charge in [0.05, 0.1) is 5.92 Å². The Morgan fingerprint density at radius 2 is 2.08 bits per heavy atom. The molecule has 3 rings (SSSR count). The fourth-order valence-corrected chi connectivity index (χ4v) is 2.85. The highest BCUT2D eigenvalue weighted by Crippen LogP contribution is 2.25. The molecule has 7 heteroatoms. The van der Waals surface area contributed by atoms with Crippen LogP contribution in [0.25, 0.3) is 0 Å². The highest BCUT2D eigenvalue weighted by atomic mass is 19.1. The van der Waals surface area contributed by atoms with Gasteiger partial charge in [-0.25, -0.2) is 14.4 Å². The van der Waals surface area contributed by atoms with Crippen LogP contribution in [0.2, 0.25) is 0 Å². The summed E-state index contributed by atoms with van der Waals surface area (Å²) in [5.74, 6) is 0.458. The highest BCUT2D eigenvalue weighted by Gasteiger charge is 2.26. The molecule has 1 aromatic heterocycles. The predicted octanol–water partition coefficient (Wildman–Crippen LogP) is 2.97. The topological polar surface area (TPSA) is 78.4 Å². The number of rotatable bonds is 4. The molecular formula is C17H19FN4O2. The minimum atomic E-state index is -0.768. The van der Waals surface area contributed by atoms with Crippen LogP contribution in [0.5, 0.6) is 0 Å². The second-order valence-corrected chi connectivity index (χ2v) is 5.91. The van der Waals surface area contributed by atoms with E-state index in [9.17, 15) is 14.3 Å². The van der Waals surface area contributed by atoms with E-state index in [1.807, 2.05) is 4.90 Å². The van der Waals surface area contributed by atoms with E-state index in [4.69, 9.17) is 0 Å². The minimum absolute atomic E-state index is 0.298. The normalized spacial score (nSPS) is 17.6. The number of hydrogen-bond acceptors (Lipinski definition) is 5. The summed E-state index contributed by atoms with van der Waals surface area (Å²) in [6.07, 6.45) is 1.51. The largest absolute Gasteiger partial charge is 0.481 e. The summed E-state index contributed by atoms with van der Waals surface area (Å²) >= 11 is 0. The molecule has 1 aliphatic rings. The van der Waals surface area contributed by atoms with Crippen molar-refractivity contribution < 1.29 is 14.3 Å². The van der Waals surface area contributed by atoms with Gasteiger partial charge in [0.2, 0.25) is 0 Å². The van der Waals surface area contributed by atoms with Crippen molar-refractivity contribution in [3.05, 3.63) is 42.0 Å². The lowest BCUT2D eigenvalue weighted by Crippen LogP contribution is -2.39. The maximum absolute atomic E-state index is 13.0. The molecule has 1 saturated heterocycles. The number of nitrogens with one attached hydrogen (secondary N) is 1. The molecule has 0 amide bonds. The lowest BCUT2D eigenvalue weighted by atomic mass is 9.98. The first-order chi connectivity index (χ1) is 11.5. The number of aromatic nitrogens is 2. The molecule has 2 N–H and O–H groups in total. The molecule has 0 spiro atoms. The molecule has 0 bridgehead atoms. The number of carbonyl (C=O) groups is 1. The number of benzene rings is 1. The number of aliphatic carboxylic acids is 1. The quantitative estimate of drug-likeness (QED) is 0.897. The Balaban J connectivity index is 1.80. The smallest absolute Gasteiger partial charge is 0.308 e. The summed E-state index contributed by atoms with van der Waals surface area (Å²) in [6.45, 7) is 3.01. The average molecular weight is 330 g/mol. The van der Waals surface area contributed by atoms with Gasteiger partial charge in [0.15, 0.2) is 0 Å². The van der Waals surface area contributed by atoms with Gasteiger partial charge < -0.3 is 15.3 Å². The van der Waals surface area contributed by atoms with E-state index in [1.54, 1.807) is 25.1 Å². The lowest BCUT2D eigenvalue weighted by molar-refractivity contribution is -0.141. The second kappa shape index (κ2) is 6.82. The third kappa shape index (κ3) is 3.79. The van der Waals surface area contributed by atoms with Gasteiger partial charge in [-0.3, -0.25) is 4.79 Å². The van der Waals surface area contributed by atoms with Crippen LogP contribution < -0.4 is 10.2 Å². The molecule has 24 heavy (non-hydrogen) atoms. The zero-order valence-electron chi connectivity index (χ0n) is 13.4. The van der Waals surface area contributed by atoms with Crippen molar-refractivity contribution in [3.8, 4) is 0 Å². The summed E-state index contributed by atoms with van der Waals surface area (Å²) in [5.41, 5.74) is 0.725. The van der Waals surface area contributed by atoms with Crippen LogP contribution in [0, 0.1) is 18.7 Å². The maximum Gasteiger partial charge on any atom is 0.308 e. The number of aryl methyl sites for hydroxylation is 1. The van der Waals surface area contributed by atoms with E-state index >= 15 is 0 Å². The molecule has 1 fully saturated rings. The average Bonchev–Trinajstić information content (AvgIpc) is 2.56. The molecule has 0 radical (unpaired) electrons. The molecule has 2 heterocycles. The standard InChI is InChI=1S/C17H19FN4O2/c1-11-19-15(21-14-6-4-13(18)5-7-14)9-16(20-11)22-8-2-3-12(10-22)17(23)24/h4-7,9,12H,2-3,8,10H2,1H3,(H,23,24)(H,19,20,21)/t12-/m0/s1. The van der Waals surface area contributed by atoms with Gasteiger partial charge in [-0.05, 0) is 44.0 Å². The van der Waals surface area contributed by atoms with Crippen LogP contribution in [0.1, 0.15) is 18.7 Å². The second-order valence-electron chi connectivity index (χ2n) is 5.91. The van der Waals surface area contributed by atoms with E-state index in [0.29, 0.717) is 30.4 Å². The first-order valence-electron chi connectivity index (χ1n) is 7.87. The Labute approximate surface area is 139 Å². The Bertz CT molecular complexity index is 736. The molecule has 6 nitrogen and oxygen atoms in total. The zero-order chi connectivity index (χ0) is 17.1. The number of carboxylic acids is 1. The van der Waals surface area contributed by atoms with E-state index in [-0.39, 0.29) is 11.7 Å². The predicted molar refractivity (Wildman–Crippen MR) is 89.0 cm³/mol. The maximum atomic E-state index is 13.0. The SMILES string of the molecule is Cc1nc(Nc2ccc(F)cc2)cc(N2CCC[C@H](C(=O)O)C2)n1. The molecule has 0 unspecified atom stereocenters. The van der Waals surface area contributed by atoms with Gasteiger partial charge in [-0.2, -0.15) is 0 Å². The van der Waals surface area contributed by atoms with Crippen LogP contribution in [0.4, 0.5) is 21.7 Å². The summed E-state index contributed by atoms with van der Waals surface area (Å²) in [7, 11) is 0. The molecule has 126 valence electrons. The van der Waals surface area contributed by atoms with Gasteiger partial charge in [0.25, 0.3) is 0 Å². The van der Waals surface area contributed by atoms with Gasteiger partial charge >= 0.3 is 5.97 Å². The Kier molecular flexibility index (Phi) is 4.59. The first kappa shape index (κ1) is 16.2. The van der Waals surface area contributed by atoms with Gasteiger partial charge in [-0.15, -0.1) is 0 Å². The van der Waals surface area contributed by atoms with Crippen LogP contribution in [0.15, 0.2) is 30.3 Å². The Hall–Kier alpha value is -2.70. The first-order valence-corrected chi connectivity index (χ1v) is 7.87. The van der Waals surface area contributed by atoms with Crippen LogP contribution in [-0.2, 0) is 4.79 Å². The molecule has 0 saturated carbocycles. The highest BCUT2D eigenvalue weighted by molar-refractivity contribution is 5.71. The van der Waals surface area contributed by atoms with Crippen molar-refractivity contribution in [2.45, 2.75) is 19.8 Å². The van der Waals surface area contributed by atoms with E-state index in [0.717, 1.165) is 18.7 Å². The molecule has 1 aromatic carbocycles. The van der Waals surface area contributed by atoms with Crippen molar-refractivity contribution in [1.82, 2.24) is 9.97 Å². The number of hydrogen-bond donors (Lipinski definition) is 2. The summed E-state index contributed by atoms with van der Waals surface area (Å²) in [6, 6.07) is 7.81. The van der Waals surface area contributed by atoms with E-state index < -0.39 is 5.97 Å². The van der Waals surface area contributed by atoms with Gasteiger partial charge in [-0.1, -0.05) is 0 Å². The number of nitrogens with zero attached hydrogens (tertiary/aromatic N) is 3. The van der Waals surface area contributed by atoms with Crippen molar-refractivity contribution in [1.29, 1.82) is 0 Å². The number of anilines is 3. The number of halogens is 1. The fraction of sp³-hybridized carbons (Fsp3) is 0.353. The third-order valence-corrected chi connectivity index (χ3v) is 4.04. The van der Waals surface area contributed by atoms with Gasteiger partial charge in [0.1, 0.15) is 23.3 Å². The molecular weight excluding hydrogens is 311 g/mol. The van der Waals surface area contributed by atoms with Crippen molar-refractivity contribution in [3.63, 3.8) is 0 Å². The monoisotopic (exact) mass is 330 g/mol. The van der Waals surface area contributed by atoms with Gasteiger partial charge in [0, 0.05) is 24.8 Å². The van der Waals surface area contributed by atoms with Crippen molar-refractivity contribution in [2.24, 2.45) is 5.92 Å². The zero-order valence-corrected chi connectivity index (χ0v) is 13.4. The summed E-state index contributed by atoms with van der Waals surface area (Å²) < 4.78 is 13.0. The van der Waals surface area contributed by atoms with Crippen molar-refractivity contribution >= 4 is 23.3 Å². The summed E-state index contributed by atoms with van der Waals surface area (Å²) in [5, 5.41) is 12.4. The Morgan fingerprint density at radius 3 is 2.79 bits per heavy atom. The molecule has 1 aliphatic heterocycles. The molecule has 1 atom stereocenters. The van der Waals surface area contributed by atoms with E-state index in [2.05, 4.69) is 15.3 Å².